The zero-order valence-corrected chi connectivity index (χ0v) is 11.3. The topological polar surface area (TPSA) is 38.5 Å². The van der Waals surface area contributed by atoms with E-state index in [4.69, 9.17) is 10.5 Å². The molecule has 0 amide bonds. The fraction of sp³-hybridized carbons (Fsp3) is 0.200. The van der Waals surface area contributed by atoms with Crippen molar-refractivity contribution in [1.82, 2.24) is 0 Å². The smallest absolute Gasteiger partial charge is 0.142 e. The summed E-state index contributed by atoms with van der Waals surface area (Å²) in [7, 11) is 3.40. The highest BCUT2D eigenvalue weighted by Gasteiger charge is 2.13. The highest BCUT2D eigenvalue weighted by molar-refractivity contribution is 5.77. The summed E-state index contributed by atoms with van der Waals surface area (Å²) in [6.07, 6.45) is 0. The zero-order valence-electron chi connectivity index (χ0n) is 11.3. The molecule has 0 atom stereocenters. The normalized spacial score (nSPS) is 10.3. The van der Waals surface area contributed by atoms with E-state index in [1.807, 2.05) is 37.1 Å². The van der Waals surface area contributed by atoms with Crippen molar-refractivity contribution < 1.29 is 9.13 Å². The van der Waals surface area contributed by atoms with Gasteiger partial charge >= 0.3 is 0 Å². The molecule has 19 heavy (non-hydrogen) atoms. The van der Waals surface area contributed by atoms with Gasteiger partial charge in [-0.25, -0.2) is 4.39 Å². The molecule has 2 aromatic rings. The molecule has 0 radical (unpaired) electrons. The Balaban J connectivity index is 2.51. The molecule has 0 aliphatic carbocycles. The summed E-state index contributed by atoms with van der Waals surface area (Å²) in [5.41, 5.74) is 9.17. The predicted molar refractivity (Wildman–Crippen MR) is 76.6 cm³/mol. The molecular weight excluding hydrogens is 243 g/mol. The maximum absolute atomic E-state index is 13.4. The fourth-order valence-electron chi connectivity index (χ4n) is 2.00. The van der Waals surface area contributed by atoms with E-state index < -0.39 is 0 Å². The van der Waals surface area contributed by atoms with Crippen LogP contribution in [0.3, 0.4) is 0 Å². The van der Waals surface area contributed by atoms with Crippen LogP contribution in [-0.2, 0) is 0 Å². The van der Waals surface area contributed by atoms with Gasteiger partial charge in [0.25, 0.3) is 0 Å². The summed E-state index contributed by atoms with van der Waals surface area (Å²) in [6, 6.07) is 10.1. The Morgan fingerprint density at radius 3 is 2.53 bits per heavy atom. The van der Waals surface area contributed by atoms with Gasteiger partial charge in [-0.2, -0.15) is 0 Å². The monoisotopic (exact) mass is 260 g/mol. The Bertz CT molecular complexity index is 599. The van der Waals surface area contributed by atoms with Gasteiger partial charge < -0.3 is 15.4 Å². The van der Waals surface area contributed by atoms with Crippen molar-refractivity contribution >= 4 is 17.1 Å². The number of hydrogen-bond donors (Lipinski definition) is 1. The Labute approximate surface area is 112 Å². The largest absolute Gasteiger partial charge is 0.495 e. The highest BCUT2D eigenvalue weighted by atomic mass is 19.1. The fourth-order valence-corrected chi connectivity index (χ4v) is 2.00. The summed E-state index contributed by atoms with van der Waals surface area (Å²) in [4.78, 5) is 1.82. The molecule has 100 valence electrons. The van der Waals surface area contributed by atoms with E-state index in [2.05, 4.69) is 0 Å². The Morgan fingerprint density at radius 1 is 1.11 bits per heavy atom. The van der Waals surface area contributed by atoms with Crippen LogP contribution in [0.1, 0.15) is 5.56 Å². The van der Waals surface area contributed by atoms with Crippen LogP contribution in [0.5, 0.6) is 5.75 Å². The SMILES string of the molecule is COc1ccc(F)cc1N(C)c1cc(C)ccc1N. The zero-order chi connectivity index (χ0) is 14.0. The standard InChI is InChI=1S/C15H17FN2O/c1-10-4-6-12(17)13(8-10)18(2)14-9-11(16)5-7-15(14)19-3/h4-9H,17H2,1-3H3. The Hall–Kier alpha value is -2.23. The Kier molecular flexibility index (Phi) is 3.60. The third-order valence-electron chi connectivity index (χ3n) is 3.05. The van der Waals surface area contributed by atoms with Gasteiger partial charge in [0.15, 0.2) is 0 Å². The molecule has 0 fully saturated rings. The number of benzene rings is 2. The summed E-state index contributed by atoms with van der Waals surface area (Å²) in [6.45, 7) is 1.99. The van der Waals surface area contributed by atoms with Crippen LogP contribution >= 0.6 is 0 Å². The molecule has 2 rings (SSSR count). The molecule has 3 nitrogen and oxygen atoms in total. The van der Waals surface area contributed by atoms with Crippen molar-refractivity contribution in [3.8, 4) is 5.75 Å². The number of nitrogen functional groups attached to an aromatic ring is 1. The van der Waals surface area contributed by atoms with Crippen molar-refractivity contribution in [1.29, 1.82) is 0 Å². The molecule has 4 heteroatoms. The molecule has 0 heterocycles. The van der Waals surface area contributed by atoms with Crippen molar-refractivity contribution in [2.45, 2.75) is 6.92 Å². The molecule has 0 aliphatic heterocycles. The quantitative estimate of drug-likeness (QED) is 0.858. The lowest BCUT2D eigenvalue weighted by Crippen LogP contribution is -2.13. The van der Waals surface area contributed by atoms with E-state index in [9.17, 15) is 4.39 Å². The van der Waals surface area contributed by atoms with Crippen molar-refractivity contribution in [3.63, 3.8) is 0 Å². The summed E-state index contributed by atoms with van der Waals surface area (Å²) in [5, 5.41) is 0. The highest BCUT2D eigenvalue weighted by Crippen LogP contribution is 2.36. The van der Waals surface area contributed by atoms with Crippen molar-refractivity contribution in [3.05, 3.63) is 47.8 Å². The van der Waals surface area contributed by atoms with E-state index in [0.29, 0.717) is 17.1 Å². The van der Waals surface area contributed by atoms with Gasteiger partial charge in [-0.05, 0) is 36.8 Å². The first-order valence-electron chi connectivity index (χ1n) is 5.96. The van der Waals surface area contributed by atoms with Gasteiger partial charge in [0.2, 0.25) is 0 Å². The lowest BCUT2D eigenvalue weighted by atomic mass is 10.1. The van der Waals surface area contributed by atoms with Crippen LogP contribution in [0.4, 0.5) is 21.5 Å². The lowest BCUT2D eigenvalue weighted by molar-refractivity contribution is 0.414. The number of hydrogen-bond acceptors (Lipinski definition) is 3. The van der Waals surface area contributed by atoms with Gasteiger partial charge in [0.1, 0.15) is 11.6 Å². The number of rotatable bonds is 3. The molecule has 0 bridgehead atoms. The van der Waals surface area contributed by atoms with Gasteiger partial charge in [-0.1, -0.05) is 6.07 Å². The van der Waals surface area contributed by atoms with Gasteiger partial charge in [-0.3, -0.25) is 0 Å². The van der Waals surface area contributed by atoms with Gasteiger partial charge in [0, 0.05) is 13.1 Å². The number of nitrogens with two attached hydrogens (primary N) is 1. The van der Waals surface area contributed by atoms with Gasteiger partial charge in [0.05, 0.1) is 24.2 Å². The maximum Gasteiger partial charge on any atom is 0.142 e. The summed E-state index contributed by atoms with van der Waals surface area (Å²) >= 11 is 0. The van der Waals surface area contributed by atoms with Crippen LogP contribution in [0, 0.1) is 12.7 Å². The molecule has 2 N–H and O–H groups in total. The first kappa shape index (κ1) is 13.2. The van der Waals surface area contributed by atoms with E-state index >= 15 is 0 Å². The number of methoxy groups -OCH3 is 1. The molecular formula is C15H17FN2O. The minimum atomic E-state index is -0.311. The average molecular weight is 260 g/mol. The lowest BCUT2D eigenvalue weighted by Gasteiger charge is -2.23. The van der Waals surface area contributed by atoms with Crippen LogP contribution in [0.25, 0.3) is 0 Å². The van der Waals surface area contributed by atoms with Crippen LogP contribution < -0.4 is 15.4 Å². The van der Waals surface area contributed by atoms with E-state index in [0.717, 1.165) is 11.3 Å². The minimum absolute atomic E-state index is 0.311. The van der Waals surface area contributed by atoms with Gasteiger partial charge in [-0.15, -0.1) is 0 Å². The molecule has 2 aromatic carbocycles. The second-order valence-corrected chi connectivity index (χ2v) is 4.44. The second kappa shape index (κ2) is 5.18. The van der Waals surface area contributed by atoms with Crippen LogP contribution in [-0.4, -0.2) is 14.2 Å². The molecule has 0 spiro atoms. The molecule has 0 aromatic heterocycles. The summed E-state index contributed by atoms with van der Waals surface area (Å²) in [5.74, 6) is 0.290. The second-order valence-electron chi connectivity index (χ2n) is 4.44. The Morgan fingerprint density at radius 2 is 1.84 bits per heavy atom. The maximum atomic E-state index is 13.4. The first-order chi connectivity index (χ1) is 9.02. The average Bonchev–Trinajstić information content (AvgIpc) is 2.40. The molecule has 0 unspecified atom stereocenters. The first-order valence-corrected chi connectivity index (χ1v) is 5.96. The number of anilines is 3. The minimum Gasteiger partial charge on any atom is -0.495 e. The van der Waals surface area contributed by atoms with E-state index in [1.54, 1.807) is 13.2 Å². The van der Waals surface area contributed by atoms with Crippen molar-refractivity contribution in [2.24, 2.45) is 0 Å². The van der Waals surface area contributed by atoms with E-state index in [1.165, 1.54) is 12.1 Å². The van der Waals surface area contributed by atoms with Crippen LogP contribution in [0.15, 0.2) is 36.4 Å². The molecule has 0 saturated heterocycles. The third kappa shape index (κ3) is 2.62. The third-order valence-corrected chi connectivity index (χ3v) is 3.05. The predicted octanol–water partition coefficient (Wildman–Crippen LogP) is 3.49. The number of halogens is 1. The number of ether oxygens (including phenoxy) is 1. The van der Waals surface area contributed by atoms with Crippen molar-refractivity contribution in [2.75, 3.05) is 24.8 Å². The molecule has 0 aliphatic rings. The van der Waals surface area contributed by atoms with Crippen LogP contribution in [0.2, 0.25) is 0 Å². The molecule has 0 saturated carbocycles. The summed E-state index contributed by atoms with van der Waals surface area (Å²) < 4.78 is 18.7. The number of aryl methyl sites for hydroxylation is 1. The van der Waals surface area contributed by atoms with E-state index in [-0.39, 0.29) is 5.82 Å². The number of nitrogens with zero attached hydrogens (tertiary/aromatic N) is 1.